The molecule has 0 aliphatic heterocycles. The van der Waals surface area contributed by atoms with Crippen LogP contribution in [0, 0.1) is 11.3 Å². The van der Waals surface area contributed by atoms with Gasteiger partial charge in [-0.05, 0) is 53.6 Å². The SMILES string of the molecule is N#Cc1cc(-c2nc3ccccc3o2)ccc1-c1ccc2c(c1)oc1ccccc12. The summed E-state index contributed by atoms with van der Waals surface area (Å²) in [6, 6.07) is 29.7. The molecule has 30 heavy (non-hydrogen) atoms. The highest BCUT2D eigenvalue weighted by atomic mass is 16.3. The van der Waals surface area contributed by atoms with E-state index in [0.717, 1.165) is 49.7 Å². The van der Waals surface area contributed by atoms with E-state index in [1.807, 2.05) is 78.9 Å². The number of benzene rings is 4. The zero-order valence-corrected chi connectivity index (χ0v) is 15.8. The predicted octanol–water partition coefficient (Wildman–Crippen LogP) is 6.93. The van der Waals surface area contributed by atoms with Gasteiger partial charge in [0.25, 0.3) is 0 Å². The van der Waals surface area contributed by atoms with Crippen molar-refractivity contribution in [3.8, 4) is 28.7 Å². The zero-order valence-electron chi connectivity index (χ0n) is 15.8. The van der Waals surface area contributed by atoms with Gasteiger partial charge in [0.2, 0.25) is 5.89 Å². The molecule has 2 heterocycles. The molecule has 4 heteroatoms. The van der Waals surface area contributed by atoms with Crippen LogP contribution in [0.4, 0.5) is 0 Å². The van der Waals surface area contributed by atoms with E-state index in [0.29, 0.717) is 11.5 Å². The molecule has 6 rings (SSSR count). The largest absolute Gasteiger partial charge is 0.456 e. The zero-order chi connectivity index (χ0) is 20.1. The van der Waals surface area contributed by atoms with Crippen molar-refractivity contribution in [2.45, 2.75) is 0 Å². The molecule has 0 bridgehead atoms. The molecule has 140 valence electrons. The average Bonchev–Trinajstić information content (AvgIpc) is 3.39. The number of hydrogen-bond acceptors (Lipinski definition) is 4. The molecule has 0 saturated heterocycles. The molecule has 0 aliphatic carbocycles. The predicted molar refractivity (Wildman–Crippen MR) is 117 cm³/mol. The fraction of sp³-hybridized carbons (Fsp3) is 0. The van der Waals surface area contributed by atoms with Crippen LogP contribution in [0.25, 0.3) is 55.6 Å². The van der Waals surface area contributed by atoms with Crippen molar-refractivity contribution < 1.29 is 8.83 Å². The lowest BCUT2D eigenvalue weighted by molar-refractivity contribution is 0.620. The molecule has 0 amide bonds. The van der Waals surface area contributed by atoms with Gasteiger partial charge < -0.3 is 8.83 Å². The minimum atomic E-state index is 0.506. The van der Waals surface area contributed by atoms with E-state index < -0.39 is 0 Å². The molecule has 0 fully saturated rings. The Kier molecular flexibility index (Phi) is 3.50. The molecule has 6 aromatic rings. The molecule has 2 aromatic heterocycles. The van der Waals surface area contributed by atoms with Crippen molar-refractivity contribution in [3.05, 3.63) is 90.5 Å². The minimum Gasteiger partial charge on any atom is -0.456 e. The molecule has 0 atom stereocenters. The van der Waals surface area contributed by atoms with Gasteiger partial charge in [-0.1, -0.05) is 42.5 Å². The number of nitrogens with zero attached hydrogens (tertiary/aromatic N) is 2. The average molecular weight is 386 g/mol. The van der Waals surface area contributed by atoms with Gasteiger partial charge in [0, 0.05) is 16.3 Å². The van der Waals surface area contributed by atoms with Crippen LogP contribution in [0.1, 0.15) is 5.56 Å². The van der Waals surface area contributed by atoms with Crippen LogP contribution < -0.4 is 0 Å². The summed E-state index contributed by atoms with van der Waals surface area (Å²) < 4.78 is 11.9. The number of hydrogen-bond donors (Lipinski definition) is 0. The highest BCUT2D eigenvalue weighted by Gasteiger charge is 2.14. The van der Waals surface area contributed by atoms with Gasteiger partial charge in [-0.25, -0.2) is 4.98 Å². The topological polar surface area (TPSA) is 63.0 Å². The molecule has 0 spiro atoms. The summed E-state index contributed by atoms with van der Waals surface area (Å²) in [6.45, 7) is 0. The maximum absolute atomic E-state index is 9.79. The third-order valence-electron chi connectivity index (χ3n) is 5.37. The lowest BCUT2D eigenvalue weighted by Gasteiger charge is -2.06. The van der Waals surface area contributed by atoms with Crippen molar-refractivity contribution in [2.75, 3.05) is 0 Å². The number of para-hydroxylation sites is 3. The minimum absolute atomic E-state index is 0.506. The third-order valence-corrected chi connectivity index (χ3v) is 5.37. The number of rotatable bonds is 2. The number of aromatic nitrogens is 1. The summed E-state index contributed by atoms with van der Waals surface area (Å²) >= 11 is 0. The van der Waals surface area contributed by atoms with Crippen molar-refractivity contribution in [2.24, 2.45) is 0 Å². The van der Waals surface area contributed by atoms with Crippen LogP contribution >= 0.6 is 0 Å². The Morgan fingerprint density at radius 3 is 2.30 bits per heavy atom. The van der Waals surface area contributed by atoms with Crippen LogP contribution in [0.3, 0.4) is 0 Å². The molecule has 4 nitrogen and oxygen atoms in total. The first-order valence-corrected chi connectivity index (χ1v) is 9.62. The van der Waals surface area contributed by atoms with Crippen molar-refractivity contribution in [3.63, 3.8) is 0 Å². The number of oxazole rings is 1. The Labute approximate surface area is 171 Å². The first-order valence-electron chi connectivity index (χ1n) is 9.62. The Balaban J connectivity index is 1.48. The summed E-state index contributed by atoms with van der Waals surface area (Å²) in [5.41, 5.74) is 6.30. The first kappa shape index (κ1) is 16.6. The second-order valence-electron chi connectivity index (χ2n) is 7.17. The van der Waals surface area contributed by atoms with Crippen LogP contribution in [-0.2, 0) is 0 Å². The fourth-order valence-corrected chi connectivity index (χ4v) is 3.91. The van der Waals surface area contributed by atoms with Crippen molar-refractivity contribution >= 4 is 33.0 Å². The molecule has 0 N–H and O–H groups in total. The summed E-state index contributed by atoms with van der Waals surface area (Å²) in [6.07, 6.45) is 0. The Hall–Kier alpha value is -4.36. The first-order chi connectivity index (χ1) is 14.8. The van der Waals surface area contributed by atoms with Gasteiger partial charge in [-0.3, -0.25) is 0 Å². The summed E-state index contributed by atoms with van der Waals surface area (Å²) in [5, 5.41) is 11.9. The number of furan rings is 1. The molecular weight excluding hydrogens is 372 g/mol. The van der Waals surface area contributed by atoms with Crippen molar-refractivity contribution in [1.29, 1.82) is 5.26 Å². The summed E-state index contributed by atoms with van der Waals surface area (Å²) in [5.74, 6) is 0.506. The maximum Gasteiger partial charge on any atom is 0.227 e. The van der Waals surface area contributed by atoms with Crippen LogP contribution in [-0.4, -0.2) is 4.98 Å². The molecule has 0 unspecified atom stereocenters. The highest BCUT2D eigenvalue weighted by Crippen LogP contribution is 2.34. The smallest absolute Gasteiger partial charge is 0.227 e. The van der Waals surface area contributed by atoms with Crippen LogP contribution in [0.15, 0.2) is 93.8 Å². The summed E-state index contributed by atoms with van der Waals surface area (Å²) in [7, 11) is 0. The van der Waals surface area contributed by atoms with Gasteiger partial charge in [0.15, 0.2) is 5.58 Å². The van der Waals surface area contributed by atoms with E-state index in [4.69, 9.17) is 8.83 Å². The normalized spacial score (nSPS) is 11.3. The fourth-order valence-electron chi connectivity index (χ4n) is 3.91. The lowest BCUT2D eigenvalue weighted by atomic mass is 9.97. The Morgan fingerprint density at radius 1 is 0.667 bits per heavy atom. The van der Waals surface area contributed by atoms with Crippen LogP contribution in [0.5, 0.6) is 0 Å². The van der Waals surface area contributed by atoms with Gasteiger partial charge in [-0.2, -0.15) is 5.26 Å². The van der Waals surface area contributed by atoms with Crippen LogP contribution in [0.2, 0.25) is 0 Å². The van der Waals surface area contributed by atoms with Gasteiger partial charge in [0.1, 0.15) is 16.7 Å². The second-order valence-corrected chi connectivity index (χ2v) is 7.17. The number of fused-ring (bicyclic) bond motifs is 4. The van der Waals surface area contributed by atoms with Gasteiger partial charge in [-0.15, -0.1) is 0 Å². The molecule has 0 aliphatic rings. The second kappa shape index (κ2) is 6.33. The highest BCUT2D eigenvalue weighted by molar-refractivity contribution is 6.06. The molecular formula is C26H14N2O2. The molecule has 4 aromatic carbocycles. The van der Waals surface area contributed by atoms with E-state index in [-0.39, 0.29) is 0 Å². The van der Waals surface area contributed by atoms with E-state index in [9.17, 15) is 5.26 Å². The third kappa shape index (κ3) is 2.50. The molecule has 0 saturated carbocycles. The Bertz CT molecular complexity index is 1580. The summed E-state index contributed by atoms with van der Waals surface area (Å²) in [4.78, 5) is 4.53. The molecule has 0 radical (unpaired) electrons. The van der Waals surface area contributed by atoms with E-state index in [2.05, 4.69) is 17.1 Å². The quantitative estimate of drug-likeness (QED) is 0.323. The van der Waals surface area contributed by atoms with E-state index in [1.165, 1.54) is 0 Å². The number of nitriles is 1. The van der Waals surface area contributed by atoms with E-state index >= 15 is 0 Å². The lowest BCUT2D eigenvalue weighted by Crippen LogP contribution is -1.87. The standard InChI is InChI=1S/C26H14N2O2/c27-15-18-13-17(26-28-22-6-2-4-8-24(22)30-26)10-11-19(18)16-9-12-21-20-5-1-3-7-23(20)29-25(21)14-16/h1-14H. The monoisotopic (exact) mass is 386 g/mol. The van der Waals surface area contributed by atoms with Gasteiger partial charge >= 0.3 is 0 Å². The van der Waals surface area contributed by atoms with Crippen molar-refractivity contribution in [1.82, 2.24) is 4.98 Å². The maximum atomic E-state index is 9.79. The van der Waals surface area contributed by atoms with E-state index in [1.54, 1.807) is 0 Å². The Morgan fingerprint density at radius 2 is 1.43 bits per heavy atom. The van der Waals surface area contributed by atoms with Gasteiger partial charge in [0.05, 0.1) is 11.6 Å².